The van der Waals surface area contributed by atoms with Crippen molar-refractivity contribution in [3.05, 3.63) is 73.1 Å². The minimum Gasteiger partial charge on any atom is -0.440 e. The zero-order valence-corrected chi connectivity index (χ0v) is 15.5. The second kappa shape index (κ2) is 6.55. The number of thiophene rings is 2. The summed E-state index contributed by atoms with van der Waals surface area (Å²) in [5.41, 5.74) is 9.05. The normalized spacial score (nSPS) is 24.9. The van der Waals surface area contributed by atoms with E-state index in [1.165, 1.54) is 16.0 Å². The summed E-state index contributed by atoms with van der Waals surface area (Å²) < 4.78 is 5.99. The van der Waals surface area contributed by atoms with E-state index in [1.807, 2.05) is 11.4 Å². The van der Waals surface area contributed by atoms with Crippen LogP contribution in [0, 0.1) is 17.2 Å². The van der Waals surface area contributed by atoms with Crippen LogP contribution in [0.2, 0.25) is 0 Å². The standard InChI is InChI=1S/C20H18N2OS2/c1-12-8-13(10-14-4-2-6-24-14)19-15(9-12)18(17-5-3-7-25-17)16(11-21)20(22)23-19/h2-7,10,12,18H,8-9,22H2,1H3/b13-10+. The first-order valence-electron chi connectivity index (χ1n) is 8.26. The molecule has 25 heavy (non-hydrogen) atoms. The first kappa shape index (κ1) is 16.2. The van der Waals surface area contributed by atoms with Crippen LogP contribution in [0.15, 0.2) is 63.4 Å². The van der Waals surface area contributed by atoms with E-state index in [0.29, 0.717) is 11.5 Å². The second-order valence-electron chi connectivity index (χ2n) is 6.49. The summed E-state index contributed by atoms with van der Waals surface area (Å²) in [7, 11) is 0. The van der Waals surface area contributed by atoms with Crippen LogP contribution in [0.3, 0.4) is 0 Å². The third-order valence-electron chi connectivity index (χ3n) is 4.64. The fraction of sp³-hybridized carbons (Fsp3) is 0.250. The fourth-order valence-corrected chi connectivity index (χ4v) is 5.18. The van der Waals surface area contributed by atoms with Crippen LogP contribution >= 0.6 is 22.7 Å². The van der Waals surface area contributed by atoms with Gasteiger partial charge in [-0.2, -0.15) is 5.26 Å². The molecule has 0 bridgehead atoms. The number of ether oxygens (including phenoxy) is 1. The van der Waals surface area contributed by atoms with Crippen molar-refractivity contribution in [3.8, 4) is 6.07 Å². The molecule has 3 heterocycles. The maximum atomic E-state index is 9.66. The summed E-state index contributed by atoms with van der Waals surface area (Å²) in [6, 6.07) is 10.5. The van der Waals surface area contributed by atoms with E-state index in [2.05, 4.69) is 42.6 Å². The predicted octanol–water partition coefficient (Wildman–Crippen LogP) is 5.38. The largest absolute Gasteiger partial charge is 0.440 e. The number of hydrogen-bond acceptors (Lipinski definition) is 5. The predicted molar refractivity (Wildman–Crippen MR) is 103 cm³/mol. The molecule has 2 aromatic heterocycles. The molecule has 1 aliphatic heterocycles. The summed E-state index contributed by atoms with van der Waals surface area (Å²) in [5.74, 6) is 1.55. The van der Waals surface area contributed by atoms with Gasteiger partial charge in [0.15, 0.2) is 0 Å². The molecule has 0 saturated carbocycles. The van der Waals surface area contributed by atoms with E-state index in [-0.39, 0.29) is 11.8 Å². The first-order valence-corrected chi connectivity index (χ1v) is 10.0. The highest BCUT2D eigenvalue weighted by Crippen LogP contribution is 2.49. The van der Waals surface area contributed by atoms with Gasteiger partial charge in [0.05, 0.1) is 5.92 Å². The summed E-state index contributed by atoms with van der Waals surface area (Å²) >= 11 is 3.38. The molecule has 2 unspecified atom stereocenters. The number of hydrogen-bond donors (Lipinski definition) is 1. The van der Waals surface area contributed by atoms with Gasteiger partial charge in [0.1, 0.15) is 17.4 Å². The third-order valence-corrected chi connectivity index (χ3v) is 6.40. The summed E-state index contributed by atoms with van der Waals surface area (Å²) in [6.45, 7) is 2.26. The Morgan fingerprint density at radius 2 is 2.04 bits per heavy atom. The van der Waals surface area contributed by atoms with Crippen molar-refractivity contribution in [2.24, 2.45) is 11.7 Å². The van der Waals surface area contributed by atoms with Crippen LogP contribution in [0.5, 0.6) is 0 Å². The van der Waals surface area contributed by atoms with Crippen molar-refractivity contribution in [2.45, 2.75) is 25.7 Å². The molecule has 0 fully saturated rings. The molecule has 2 atom stereocenters. The SMILES string of the molecule is CC1CC2=C(OC(N)=C(C#N)C2c2cccs2)/C(=C/c2cccs2)C1. The first-order chi connectivity index (χ1) is 12.2. The van der Waals surface area contributed by atoms with Crippen molar-refractivity contribution in [1.82, 2.24) is 0 Å². The summed E-state index contributed by atoms with van der Waals surface area (Å²) in [5, 5.41) is 13.8. The van der Waals surface area contributed by atoms with Crippen molar-refractivity contribution in [3.63, 3.8) is 0 Å². The van der Waals surface area contributed by atoms with Crippen LogP contribution in [-0.4, -0.2) is 0 Å². The summed E-state index contributed by atoms with van der Waals surface area (Å²) in [4.78, 5) is 2.36. The van der Waals surface area contributed by atoms with Gasteiger partial charge in [-0.15, -0.1) is 22.7 Å². The monoisotopic (exact) mass is 366 g/mol. The molecule has 0 amide bonds. The van der Waals surface area contributed by atoms with Crippen molar-refractivity contribution in [1.29, 1.82) is 5.26 Å². The van der Waals surface area contributed by atoms with Gasteiger partial charge in [0.2, 0.25) is 5.88 Å². The van der Waals surface area contributed by atoms with Crippen LogP contribution in [0.1, 0.15) is 35.4 Å². The maximum absolute atomic E-state index is 9.66. The van der Waals surface area contributed by atoms with Crippen LogP contribution in [0.4, 0.5) is 0 Å². The zero-order valence-electron chi connectivity index (χ0n) is 13.9. The van der Waals surface area contributed by atoms with E-state index in [4.69, 9.17) is 10.5 Å². The minimum absolute atomic E-state index is 0.0803. The molecule has 126 valence electrons. The highest BCUT2D eigenvalue weighted by molar-refractivity contribution is 7.10. The number of rotatable bonds is 2. The molecule has 0 radical (unpaired) electrons. The molecule has 2 aromatic rings. The van der Waals surface area contributed by atoms with Gasteiger partial charge in [-0.25, -0.2) is 0 Å². The molecule has 0 spiro atoms. The van der Waals surface area contributed by atoms with Gasteiger partial charge < -0.3 is 10.5 Å². The van der Waals surface area contributed by atoms with Crippen LogP contribution in [0.25, 0.3) is 6.08 Å². The Morgan fingerprint density at radius 1 is 1.24 bits per heavy atom. The smallest absolute Gasteiger partial charge is 0.205 e. The van der Waals surface area contributed by atoms with Gasteiger partial charge in [-0.3, -0.25) is 0 Å². The fourth-order valence-electron chi connectivity index (χ4n) is 3.63. The lowest BCUT2D eigenvalue weighted by molar-refractivity contribution is 0.269. The number of nitrogens with two attached hydrogens (primary N) is 1. The lowest BCUT2D eigenvalue weighted by atomic mass is 9.76. The molecule has 3 nitrogen and oxygen atoms in total. The Hall–Kier alpha value is -2.29. The maximum Gasteiger partial charge on any atom is 0.205 e. The van der Waals surface area contributed by atoms with E-state index in [1.54, 1.807) is 22.7 Å². The highest BCUT2D eigenvalue weighted by Gasteiger charge is 2.37. The molecule has 0 aromatic carbocycles. The summed E-state index contributed by atoms with van der Waals surface area (Å²) in [6.07, 6.45) is 4.09. The number of allylic oxidation sites excluding steroid dienone is 3. The molecular weight excluding hydrogens is 348 g/mol. The Kier molecular flexibility index (Phi) is 4.24. The third kappa shape index (κ3) is 2.92. The second-order valence-corrected chi connectivity index (χ2v) is 8.45. The number of nitriles is 1. The molecule has 1 aliphatic carbocycles. The molecular formula is C20H18N2OS2. The number of nitrogens with zero attached hydrogens (tertiary/aromatic N) is 1. The van der Waals surface area contributed by atoms with Crippen molar-refractivity contribution >= 4 is 28.7 Å². The zero-order chi connectivity index (χ0) is 17.4. The van der Waals surface area contributed by atoms with E-state index >= 15 is 0 Å². The topological polar surface area (TPSA) is 59.0 Å². The Bertz CT molecular complexity index is 912. The average Bonchev–Trinajstić information content (AvgIpc) is 3.28. The molecule has 2 aliphatic rings. The molecule has 4 rings (SSSR count). The van der Waals surface area contributed by atoms with Gasteiger partial charge in [-0.1, -0.05) is 19.1 Å². The van der Waals surface area contributed by atoms with Gasteiger partial charge in [-0.05, 0) is 58.9 Å². The van der Waals surface area contributed by atoms with Crippen molar-refractivity contribution < 1.29 is 4.74 Å². The lowest BCUT2D eigenvalue weighted by Crippen LogP contribution is -2.25. The van der Waals surface area contributed by atoms with Crippen LogP contribution in [-0.2, 0) is 4.74 Å². The molecule has 0 saturated heterocycles. The molecule has 5 heteroatoms. The van der Waals surface area contributed by atoms with Gasteiger partial charge in [0.25, 0.3) is 0 Å². The average molecular weight is 367 g/mol. The van der Waals surface area contributed by atoms with Gasteiger partial charge >= 0.3 is 0 Å². The van der Waals surface area contributed by atoms with E-state index in [0.717, 1.165) is 23.5 Å². The van der Waals surface area contributed by atoms with Crippen LogP contribution < -0.4 is 5.73 Å². The highest BCUT2D eigenvalue weighted by atomic mass is 32.1. The minimum atomic E-state index is -0.0803. The van der Waals surface area contributed by atoms with Gasteiger partial charge in [0, 0.05) is 9.75 Å². The Morgan fingerprint density at radius 3 is 2.72 bits per heavy atom. The Labute approximate surface area is 155 Å². The lowest BCUT2D eigenvalue weighted by Gasteiger charge is -2.35. The quantitative estimate of drug-likeness (QED) is 0.776. The molecule has 2 N–H and O–H groups in total. The van der Waals surface area contributed by atoms with E-state index < -0.39 is 0 Å². The Balaban J connectivity index is 1.87. The van der Waals surface area contributed by atoms with E-state index in [9.17, 15) is 5.26 Å². The van der Waals surface area contributed by atoms with Crippen molar-refractivity contribution in [2.75, 3.05) is 0 Å².